The zero-order valence-electron chi connectivity index (χ0n) is 12.4. The van der Waals surface area contributed by atoms with Gasteiger partial charge >= 0.3 is 0 Å². The Morgan fingerprint density at radius 2 is 2.33 bits per heavy atom. The van der Waals surface area contributed by atoms with Crippen molar-refractivity contribution in [3.63, 3.8) is 0 Å². The summed E-state index contributed by atoms with van der Waals surface area (Å²) in [6.07, 6.45) is 2.11. The number of nitrogens with zero attached hydrogens (tertiary/aromatic N) is 1. The molecule has 1 aromatic rings. The van der Waals surface area contributed by atoms with Crippen LogP contribution in [0.2, 0.25) is 0 Å². The molecular formula is C14H22N2O4S. The van der Waals surface area contributed by atoms with Crippen LogP contribution in [-0.4, -0.2) is 49.4 Å². The van der Waals surface area contributed by atoms with Gasteiger partial charge in [0, 0.05) is 6.04 Å². The van der Waals surface area contributed by atoms with Crippen LogP contribution in [0, 0.1) is 0 Å². The largest absolute Gasteiger partial charge is 0.468 e. The van der Waals surface area contributed by atoms with Gasteiger partial charge in [-0.1, -0.05) is 6.92 Å². The lowest BCUT2D eigenvalue weighted by Gasteiger charge is -2.27. The summed E-state index contributed by atoms with van der Waals surface area (Å²) < 4.78 is 28.1. The molecular weight excluding hydrogens is 292 g/mol. The minimum atomic E-state index is -2.98. The summed E-state index contributed by atoms with van der Waals surface area (Å²) in [5, 5.41) is 2.84. The van der Waals surface area contributed by atoms with Crippen LogP contribution in [0.1, 0.15) is 26.0 Å². The Hall–Kier alpha value is -1.34. The number of hydrogen-bond acceptors (Lipinski definition) is 5. The molecule has 118 valence electrons. The quantitative estimate of drug-likeness (QED) is 0.840. The van der Waals surface area contributed by atoms with E-state index >= 15 is 0 Å². The van der Waals surface area contributed by atoms with Crippen molar-refractivity contribution in [2.75, 3.05) is 18.1 Å². The van der Waals surface area contributed by atoms with E-state index in [1.807, 2.05) is 30.9 Å². The molecule has 2 heterocycles. The lowest BCUT2D eigenvalue weighted by atomic mass is 10.2. The molecule has 21 heavy (non-hydrogen) atoms. The van der Waals surface area contributed by atoms with Crippen molar-refractivity contribution in [2.45, 2.75) is 38.9 Å². The van der Waals surface area contributed by atoms with Gasteiger partial charge in [-0.3, -0.25) is 9.69 Å². The Morgan fingerprint density at radius 3 is 2.86 bits per heavy atom. The summed E-state index contributed by atoms with van der Waals surface area (Å²) in [6.45, 7) is 5.07. The van der Waals surface area contributed by atoms with Gasteiger partial charge in [-0.15, -0.1) is 0 Å². The van der Waals surface area contributed by atoms with Gasteiger partial charge in [0.1, 0.15) is 5.76 Å². The van der Waals surface area contributed by atoms with Gasteiger partial charge in [-0.05, 0) is 32.0 Å². The minimum absolute atomic E-state index is 0.0514. The fraction of sp³-hybridized carbons (Fsp3) is 0.643. The Bertz CT molecular complexity index is 568. The predicted molar refractivity (Wildman–Crippen MR) is 79.5 cm³/mol. The van der Waals surface area contributed by atoms with Gasteiger partial charge < -0.3 is 9.73 Å². The summed E-state index contributed by atoms with van der Waals surface area (Å²) in [5.41, 5.74) is 0. The number of nitrogens with one attached hydrogen (secondary N) is 1. The summed E-state index contributed by atoms with van der Waals surface area (Å²) in [5.74, 6) is 0.886. The number of carbonyl (C=O) groups excluding carboxylic acids is 1. The first kappa shape index (κ1) is 16.0. The van der Waals surface area contributed by atoms with Crippen molar-refractivity contribution in [3.8, 4) is 0 Å². The molecule has 1 aliphatic heterocycles. The summed E-state index contributed by atoms with van der Waals surface area (Å²) >= 11 is 0. The molecule has 0 radical (unpaired) electrons. The molecule has 0 spiro atoms. The molecule has 6 nitrogen and oxygen atoms in total. The number of carbonyl (C=O) groups is 1. The van der Waals surface area contributed by atoms with Crippen molar-refractivity contribution in [3.05, 3.63) is 24.2 Å². The maximum Gasteiger partial charge on any atom is 0.237 e. The van der Waals surface area contributed by atoms with E-state index in [4.69, 9.17) is 4.42 Å². The lowest BCUT2D eigenvalue weighted by Crippen LogP contribution is -2.48. The molecule has 0 bridgehead atoms. The second-order valence-electron chi connectivity index (χ2n) is 5.43. The number of sulfone groups is 1. The van der Waals surface area contributed by atoms with E-state index in [0.29, 0.717) is 19.5 Å². The van der Waals surface area contributed by atoms with Gasteiger partial charge in [-0.2, -0.15) is 0 Å². The molecule has 0 aromatic carbocycles. The Balaban J connectivity index is 1.91. The lowest BCUT2D eigenvalue weighted by molar-refractivity contribution is -0.126. The van der Waals surface area contributed by atoms with Crippen LogP contribution in [0.4, 0.5) is 0 Å². The topological polar surface area (TPSA) is 79.6 Å². The first-order chi connectivity index (χ1) is 9.91. The molecule has 1 amide bonds. The van der Waals surface area contributed by atoms with E-state index < -0.39 is 9.84 Å². The van der Waals surface area contributed by atoms with Crippen molar-refractivity contribution in [2.24, 2.45) is 0 Å². The highest BCUT2D eigenvalue weighted by Gasteiger charge is 2.31. The maximum atomic E-state index is 12.3. The molecule has 1 aromatic heterocycles. The van der Waals surface area contributed by atoms with E-state index in [2.05, 4.69) is 5.32 Å². The monoisotopic (exact) mass is 314 g/mol. The van der Waals surface area contributed by atoms with Crippen LogP contribution in [0.25, 0.3) is 0 Å². The first-order valence-corrected chi connectivity index (χ1v) is 9.00. The third-order valence-corrected chi connectivity index (χ3v) is 5.62. The fourth-order valence-corrected chi connectivity index (χ4v) is 4.20. The molecule has 0 aliphatic carbocycles. The summed E-state index contributed by atoms with van der Waals surface area (Å²) in [4.78, 5) is 14.2. The fourth-order valence-electron chi connectivity index (χ4n) is 2.52. The predicted octanol–water partition coefficient (Wildman–Crippen LogP) is 0.793. The second-order valence-corrected chi connectivity index (χ2v) is 7.66. The molecule has 1 fully saturated rings. The zero-order valence-corrected chi connectivity index (χ0v) is 13.2. The normalized spacial score (nSPS) is 22.3. The Morgan fingerprint density at radius 1 is 1.57 bits per heavy atom. The number of rotatable bonds is 6. The molecule has 0 unspecified atom stereocenters. The van der Waals surface area contributed by atoms with Crippen molar-refractivity contribution in [1.29, 1.82) is 0 Å². The van der Waals surface area contributed by atoms with Gasteiger partial charge in [0.2, 0.25) is 5.91 Å². The molecule has 0 saturated carbocycles. The molecule has 1 aliphatic rings. The maximum absolute atomic E-state index is 12.3. The number of hydrogen-bond donors (Lipinski definition) is 1. The van der Waals surface area contributed by atoms with Crippen molar-refractivity contribution < 1.29 is 17.6 Å². The SMILES string of the molecule is CCN(Cc1ccco1)[C@@H](C)C(=O)N[C@H]1CCS(=O)(=O)C1. The van der Waals surface area contributed by atoms with Crippen LogP contribution < -0.4 is 5.32 Å². The second kappa shape index (κ2) is 6.62. The average Bonchev–Trinajstić information content (AvgIpc) is 3.04. The van der Waals surface area contributed by atoms with Crippen LogP contribution in [0.3, 0.4) is 0 Å². The molecule has 2 atom stereocenters. The smallest absolute Gasteiger partial charge is 0.237 e. The summed E-state index contributed by atoms with van der Waals surface area (Å²) in [7, 11) is -2.98. The van der Waals surface area contributed by atoms with E-state index in [-0.39, 0.29) is 29.5 Å². The Kier molecular flexibility index (Phi) is 5.05. The van der Waals surface area contributed by atoms with Gasteiger partial charge in [0.05, 0.1) is 30.4 Å². The Labute approximate surface area is 125 Å². The van der Waals surface area contributed by atoms with Crippen LogP contribution in [0.5, 0.6) is 0 Å². The molecule has 1 saturated heterocycles. The van der Waals surface area contributed by atoms with E-state index in [1.54, 1.807) is 6.26 Å². The average molecular weight is 314 g/mol. The number of likely N-dealkylation sites (N-methyl/N-ethyl adjacent to an activating group) is 1. The standard InChI is InChI=1S/C14H22N2O4S/c1-3-16(9-13-5-4-7-20-13)11(2)14(17)15-12-6-8-21(18,19)10-12/h4-5,7,11-12H,3,6,8-10H2,1-2H3,(H,15,17)/t11-,12-/m0/s1. The van der Waals surface area contributed by atoms with E-state index in [1.165, 1.54) is 0 Å². The zero-order chi connectivity index (χ0) is 15.5. The van der Waals surface area contributed by atoms with Gasteiger partial charge in [-0.25, -0.2) is 8.42 Å². The van der Waals surface area contributed by atoms with E-state index in [9.17, 15) is 13.2 Å². The molecule has 7 heteroatoms. The summed E-state index contributed by atoms with van der Waals surface area (Å²) in [6, 6.07) is 3.10. The van der Waals surface area contributed by atoms with Gasteiger partial charge in [0.25, 0.3) is 0 Å². The van der Waals surface area contributed by atoms with Crippen molar-refractivity contribution in [1.82, 2.24) is 10.2 Å². The van der Waals surface area contributed by atoms with E-state index in [0.717, 1.165) is 5.76 Å². The third-order valence-electron chi connectivity index (χ3n) is 3.85. The number of amides is 1. The minimum Gasteiger partial charge on any atom is -0.468 e. The van der Waals surface area contributed by atoms with Crippen LogP contribution in [-0.2, 0) is 21.2 Å². The number of furan rings is 1. The van der Waals surface area contributed by atoms with Gasteiger partial charge in [0.15, 0.2) is 9.84 Å². The highest BCUT2D eigenvalue weighted by atomic mass is 32.2. The van der Waals surface area contributed by atoms with Crippen LogP contribution in [0.15, 0.2) is 22.8 Å². The highest BCUT2D eigenvalue weighted by Crippen LogP contribution is 2.13. The van der Waals surface area contributed by atoms with Crippen LogP contribution >= 0.6 is 0 Å². The molecule has 1 N–H and O–H groups in total. The highest BCUT2D eigenvalue weighted by molar-refractivity contribution is 7.91. The first-order valence-electron chi connectivity index (χ1n) is 7.18. The third kappa shape index (κ3) is 4.31. The molecule has 2 rings (SSSR count). The van der Waals surface area contributed by atoms with Crippen molar-refractivity contribution >= 4 is 15.7 Å².